The summed E-state index contributed by atoms with van der Waals surface area (Å²) < 4.78 is 27.0. The molecule has 0 fully saturated rings. The summed E-state index contributed by atoms with van der Waals surface area (Å²) in [6, 6.07) is 12.5. The zero-order chi connectivity index (χ0) is 19.2. The van der Waals surface area contributed by atoms with E-state index in [0.717, 1.165) is 21.6 Å². The lowest BCUT2D eigenvalue weighted by molar-refractivity contribution is 0.267. The molecular formula is C19H18ClNO3S2. The van der Waals surface area contributed by atoms with Crippen molar-refractivity contribution >= 4 is 44.3 Å². The highest BCUT2D eigenvalue weighted by Gasteiger charge is 2.31. The summed E-state index contributed by atoms with van der Waals surface area (Å²) in [7, 11) is -4.05. The highest BCUT2D eigenvalue weighted by molar-refractivity contribution is 8.15. The molecule has 0 aromatic heterocycles. The maximum Gasteiger partial charge on any atom is 0.300 e. The van der Waals surface area contributed by atoms with Gasteiger partial charge < -0.3 is 0 Å². The SMILES string of the molecule is C#CCCCSC(=O)N(c1ccc(Cl)cc1)S(=O)(=O)c1ccc(C)cc1. The number of anilines is 1. The van der Waals surface area contributed by atoms with Gasteiger partial charge in [0.2, 0.25) is 0 Å². The number of thioether (sulfide) groups is 1. The number of sulfonamides is 1. The molecule has 0 radical (unpaired) electrons. The Morgan fingerprint density at radius 1 is 1.15 bits per heavy atom. The van der Waals surface area contributed by atoms with Gasteiger partial charge in [-0.15, -0.1) is 12.3 Å². The molecule has 1 amide bonds. The van der Waals surface area contributed by atoms with Crippen LogP contribution in [0.25, 0.3) is 0 Å². The molecule has 0 aliphatic rings. The van der Waals surface area contributed by atoms with Crippen LogP contribution in [-0.2, 0) is 10.0 Å². The van der Waals surface area contributed by atoms with Gasteiger partial charge in [0.05, 0.1) is 10.6 Å². The van der Waals surface area contributed by atoms with Crippen molar-refractivity contribution in [2.75, 3.05) is 10.1 Å². The third-order valence-corrected chi connectivity index (χ3v) is 6.49. The number of hydrogen-bond acceptors (Lipinski definition) is 4. The summed E-state index contributed by atoms with van der Waals surface area (Å²) in [4.78, 5) is 12.8. The summed E-state index contributed by atoms with van der Waals surface area (Å²) in [6.07, 6.45) is 6.37. The summed E-state index contributed by atoms with van der Waals surface area (Å²) >= 11 is 6.81. The van der Waals surface area contributed by atoms with Gasteiger partial charge in [0.15, 0.2) is 0 Å². The van der Waals surface area contributed by atoms with Crippen molar-refractivity contribution in [2.45, 2.75) is 24.7 Å². The molecule has 0 heterocycles. The molecule has 2 aromatic carbocycles. The Hall–Kier alpha value is -1.94. The summed E-state index contributed by atoms with van der Waals surface area (Å²) in [6.45, 7) is 1.86. The van der Waals surface area contributed by atoms with E-state index in [2.05, 4.69) is 5.92 Å². The highest BCUT2D eigenvalue weighted by Crippen LogP contribution is 2.29. The molecule has 0 spiro atoms. The molecule has 0 saturated carbocycles. The molecule has 0 saturated heterocycles. The predicted octanol–water partition coefficient (Wildman–Crippen LogP) is 5.11. The van der Waals surface area contributed by atoms with Crippen LogP contribution in [0.3, 0.4) is 0 Å². The van der Waals surface area contributed by atoms with Crippen LogP contribution >= 0.6 is 23.4 Å². The summed E-state index contributed by atoms with van der Waals surface area (Å²) in [5.41, 5.74) is 1.17. The minimum Gasteiger partial charge on any atom is -0.260 e. The first-order valence-corrected chi connectivity index (χ1v) is 10.6. The van der Waals surface area contributed by atoms with Gasteiger partial charge >= 0.3 is 0 Å². The largest absolute Gasteiger partial charge is 0.300 e. The Labute approximate surface area is 163 Å². The lowest BCUT2D eigenvalue weighted by atomic mass is 10.2. The van der Waals surface area contributed by atoms with Crippen LogP contribution in [0.2, 0.25) is 5.02 Å². The van der Waals surface area contributed by atoms with Gasteiger partial charge in [0, 0.05) is 17.2 Å². The number of carbonyl (C=O) groups is 1. The smallest absolute Gasteiger partial charge is 0.260 e. The Bertz CT molecular complexity index is 901. The van der Waals surface area contributed by atoms with Crippen LogP contribution in [0.1, 0.15) is 18.4 Å². The van der Waals surface area contributed by atoms with E-state index in [4.69, 9.17) is 18.0 Å². The number of hydrogen-bond donors (Lipinski definition) is 0. The Balaban J connectivity index is 2.39. The van der Waals surface area contributed by atoms with Crippen LogP contribution in [0.5, 0.6) is 0 Å². The van der Waals surface area contributed by atoms with Gasteiger partial charge in [0.1, 0.15) is 0 Å². The third-order valence-electron chi connectivity index (χ3n) is 3.48. The lowest BCUT2D eigenvalue weighted by Gasteiger charge is -2.22. The zero-order valence-electron chi connectivity index (χ0n) is 14.2. The molecule has 0 unspecified atom stereocenters. The topological polar surface area (TPSA) is 54.5 Å². The zero-order valence-corrected chi connectivity index (χ0v) is 16.6. The highest BCUT2D eigenvalue weighted by atomic mass is 35.5. The van der Waals surface area contributed by atoms with Crippen molar-refractivity contribution < 1.29 is 13.2 Å². The number of carbonyl (C=O) groups excluding carboxylic acids is 1. The van der Waals surface area contributed by atoms with Gasteiger partial charge in [-0.1, -0.05) is 41.1 Å². The van der Waals surface area contributed by atoms with Gasteiger partial charge in [-0.05, 0) is 49.7 Å². The molecule has 0 N–H and O–H groups in total. The number of unbranched alkanes of at least 4 members (excludes halogenated alkanes) is 1. The fourth-order valence-corrected chi connectivity index (χ4v) is 4.68. The second kappa shape index (κ2) is 9.13. The van der Waals surface area contributed by atoms with Crippen molar-refractivity contribution in [1.29, 1.82) is 0 Å². The molecule has 0 atom stereocenters. The van der Waals surface area contributed by atoms with Gasteiger partial charge in [-0.25, -0.2) is 8.42 Å². The number of nitrogens with zero attached hydrogens (tertiary/aromatic N) is 1. The van der Waals surface area contributed by atoms with E-state index < -0.39 is 15.3 Å². The van der Waals surface area contributed by atoms with Crippen LogP contribution in [0.4, 0.5) is 10.5 Å². The Kier molecular flexibility index (Phi) is 7.15. The van der Waals surface area contributed by atoms with E-state index in [1.54, 1.807) is 24.3 Å². The van der Waals surface area contributed by atoms with Gasteiger partial charge in [-0.2, -0.15) is 4.31 Å². The first-order valence-electron chi connectivity index (χ1n) is 7.84. The second-order valence-electron chi connectivity index (χ2n) is 5.48. The third kappa shape index (κ3) is 5.04. The van der Waals surface area contributed by atoms with Crippen LogP contribution < -0.4 is 4.31 Å². The van der Waals surface area contributed by atoms with Crippen molar-refractivity contribution in [3.05, 3.63) is 59.1 Å². The quantitative estimate of drug-likeness (QED) is 0.493. The van der Waals surface area contributed by atoms with E-state index in [1.165, 1.54) is 24.3 Å². The second-order valence-corrected chi connectivity index (χ2v) is 8.75. The molecule has 136 valence electrons. The number of terminal acetylenes is 1. The Morgan fingerprint density at radius 3 is 2.35 bits per heavy atom. The monoisotopic (exact) mass is 407 g/mol. The maximum atomic E-state index is 13.1. The minimum absolute atomic E-state index is 0.0515. The maximum absolute atomic E-state index is 13.1. The van der Waals surface area contributed by atoms with E-state index in [0.29, 0.717) is 23.6 Å². The van der Waals surface area contributed by atoms with Gasteiger partial charge in [-0.3, -0.25) is 4.79 Å². The molecule has 2 rings (SSSR count). The van der Waals surface area contributed by atoms with Crippen molar-refractivity contribution in [1.82, 2.24) is 0 Å². The minimum atomic E-state index is -4.05. The fourth-order valence-electron chi connectivity index (χ4n) is 2.13. The first kappa shape index (κ1) is 20.4. The molecular weight excluding hydrogens is 390 g/mol. The number of amides is 1. The molecule has 0 bridgehead atoms. The van der Waals surface area contributed by atoms with E-state index in [-0.39, 0.29) is 10.6 Å². The van der Waals surface area contributed by atoms with E-state index in [1.807, 2.05) is 6.92 Å². The van der Waals surface area contributed by atoms with E-state index in [9.17, 15) is 13.2 Å². The van der Waals surface area contributed by atoms with Crippen LogP contribution in [0.15, 0.2) is 53.4 Å². The molecule has 4 nitrogen and oxygen atoms in total. The number of benzene rings is 2. The summed E-state index contributed by atoms with van der Waals surface area (Å²) in [5, 5.41) is -0.125. The molecule has 0 aliphatic heterocycles. The van der Waals surface area contributed by atoms with E-state index >= 15 is 0 Å². The normalized spacial score (nSPS) is 11.0. The van der Waals surface area contributed by atoms with Crippen molar-refractivity contribution in [3.63, 3.8) is 0 Å². The molecule has 7 heteroatoms. The van der Waals surface area contributed by atoms with Crippen molar-refractivity contribution in [3.8, 4) is 12.3 Å². The standard InChI is InChI=1S/C19H18ClNO3S2/c1-3-4-5-14-25-19(22)21(17-10-8-16(20)9-11-17)26(23,24)18-12-6-15(2)7-13-18/h1,6-13H,4-5,14H2,2H3. The van der Waals surface area contributed by atoms with Crippen LogP contribution in [0, 0.1) is 19.3 Å². The number of halogens is 1. The summed E-state index contributed by atoms with van der Waals surface area (Å²) in [5.74, 6) is 2.94. The number of rotatable bonds is 6. The Morgan fingerprint density at radius 2 is 1.77 bits per heavy atom. The van der Waals surface area contributed by atoms with Crippen molar-refractivity contribution in [2.24, 2.45) is 0 Å². The predicted molar refractivity (Wildman–Crippen MR) is 108 cm³/mol. The average Bonchev–Trinajstić information content (AvgIpc) is 2.61. The molecule has 26 heavy (non-hydrogen) atoms. The van der Waals surface area contributed by atoms with Gasteiger partial charge in [0.25, 0.3) is 15.3 Å². The average molecular weight is 408 g/mol. The fraction of sp³-hybridized carbons (Fsp3) is 0.211. The first-order chi connectivity index (χ1) is 12.4. The van der Waals surface area contributed by atoms with Crippen LogP contribution in [-0.4, -0.2) is 19.4 Å². The lowest BCUT2D eigenvalue weighted by Crippen LogP contribution is -2.34. The number of aryl methyl sites for hydroxylation is 1. The molecule has 0 aliphatic carbocycles. The molecule has 2 aromatic rings.